The Morgan fingerprint density at radius 1 is 1.47 bits per heavy atom. The number of ether oxygens (including phenoxy) is 2. The molecule has 1 N–H and O–H groups in total. The summed E-state index contributed by atoms with van der Waals surface area (Å²) in [6, 6.07) is 2.68. The van der Waals surface area contributed by atoms with Gasteiger partial charge in [-0.25, -0.2) is 0 Å². The van der Waals surface area contributed by atoms with E-state index in [0.29, 0.717) is 12.8 Å². The minimum Gasteiger partial charge on any atom is -0.454 e. The lowest BCUT2D eigenvalue weighted by Gasteiger charge is -2.15. The molecule has 0 aliphatic carbocycles. The lowest BCUT2D eigenvalue weighted by atomic mass is 9.99. The molecule has 92 valence electrons. The molecule has 4 heteroatoms. The molecule has 3 nitrogen and oxygen atoms in total. The Kier molecular flexibility index (Phi) is 3.01. The molecule has 1 aromatic carbocycles. The number of hydrogen-bond acceptors (Lipinski definition) is 3. The van der Waals surface area contributed by atoms with Crippen LogP contribution in [0.2, 0.25) is 0 Å². The SMILES string of the molecule is Cc1cc2c(c(Br)c1CC1CCCN1)OCO2. The highest BCUT2D eigenvalue weighted by molar-refractivity contribution is 9.10. The molecular weight excluding hydrogens is 282 g/mol. The number of aryl methyl sites for hydroxylation is 1. The molecule has 0 aromatic heterocycles. The van der Waals surface area contributed by atoms with E-state index in [0.717, 1.165) is 28.9 Å². The van der Waals surface area contributed by atoms with Crippen LogP contribution in [0, 0.1) is 6.92 Å². The van der Waals surface area contributed by atoms with Crippen LogP contribution in [0.1, 0.15) is 24.0 Å². The van der Waals surface area contributed by atoms with Crippen LogP contribution in [-0.2, 0) is 6.42 Å². The van der Waals surface area contributed by atoms with E-state index in [1.807, 2.05) is 0 Å². The molecule has 1 saturated heterocycles. The maximum absolute atomic E-state index is 5.50. The summed E-state index contributed by atoms with van der Waals surface area (Å²) >= 11 is 3.66. The molecule has 17 heavy (non-hydrogen) atoms. The van der Waals surface area contributed by atoms with Gasteiger partial charge in [0, 0.05) is 6.04 Å². The van der Waals surface area contributed by atoms with E-state index in [4.69, 9.17) is 9.47 Å². The van der Waals surface area contributed by atoms with Crippen molar-refractivity contribution in [1.82, 2.24) is 5.32 Å². The first-order valence-corrected chi connectivity index (χ1v) is 6.86. The van der Waals surface area contributed by atoms with Crippen molar-refractivity contribution in [3.05, 3.63) is 21.7 Å². The fourth-order valence-corrected chi connectivity index (χ4v) is 3.37. The average molecular weight is 298 g/mol. The van der Waals surface area contributed by atoms with Gasteiger partial charge in [-0.15, -0.1) is 0 Å². The summed E-state index contributed by atoms with van der Waals surface area (Å²) < 4.78 is 12.0. The second-order valence-corrected chi connectivity index (χ2v) is 5.51. The Morgan fingerprint density at radius 2 is 2.35 bits per heavy atom. The minimum absolute atomic E-state index is 0.332. The summed E-state index contributed by atoms with van der Waals surface area (Å²) in [4.78, 5) is 0. The van der Waals surface area contributed by atoms with E-state index in [9.17, 15) is 0 Å². The van der Waals surface area contributed by atoms with Gasteiger partial charge in [-0.2, -0.15) is 0 Å². The van der Waals surface area contributed by atoms with Gasteiger partial charge in [-0.1, -0.05) is 0 Å². The van der Waals surface area contributed by atoms with Crippen LogP contribution in [-0.4, -0.2) is 19.4 Å². The van der Waals surface area contributed by atoms with Crippen molar-refractivity contribution in [2.75, 3.05) is 13.3 Å². The Labute approximate surface area is 110 Å². The van der Waals surface area contributed by atoms with Gasteiger partial charge in [0.2, 0.25) is 6.79 Å². The van der Waals surface area contributed by atoms with E-state index in [1.54, 1.807) is 0 Å². The van der Waals surface area contributed by atoms with Gasteiger partial charge in [0.25, 0.3) is 0 Å². The van der Waals surface area contributed by atoms with Gasteiger partial charge in [-0.05, 0) is 65.9 Å². The zero-order valence-corrected chi connectivity index (χ0v) is 11.5. The van der Waals surface area contributed by atoms with Crippen molar-refractivity contribution < 1.29 is 9.47 Å². The zero-order valence-electron chi connectivity index (χ0n) is 9.88. The molecule has 2 heterocycles. The van der Waals surface area contributed by atoms with Crippen LogP contribution in [0.5, 0.6) is 11.5 Å². The van der Waals surface area contributed by atoms with Crippen LogP contribution in [0.25, 0.3) is 0 Å². The van der Waals surface area contributed by atoms with Gasteiger partial charge in [-0.3, -0.25) is 0 Å². The van der Waals surface area contributed by atoms with Gasteiger partial charge in [0.1, 0.15) is 0 Å². The lowest BCUT2D eigenvalue weighted by Crippen LogP contribution is -2.24. The molecule has 0 spiro atoms. The lowest BCUT2D eigenvalue weighted by molar-refractivity contribution is 0.173. The second kappa shape index (κ2) is 4.50. The number of benzene rings is 1. The second-order valence-electron chi connectivity index (χ2n) is 4.72. The molecule has 0 bridgehead atoms. The summed E-state index contributed by atoms with van der Waals surface area (Å²) in [5, 5.41) is 3.53. The molecule has 2 aliphatic heterocycles. The highest BCUT2D eigenvalue weighted by Gasteiger charge is 2.24. The van der Waals surface area contributed by atoms with E-state index in [-0.39, 0.29) is 0 Å². The van der Waals surface area contributed by atoms with Crippen LogP contribution in [0.3, 0.4) is 0 Å². The summed E-state index contributed by atoms with van der Waals surface area (Å²) in [6.45, 7) is 3.61. The number of rotatable bonds is 2. The monoisotopic (exact) mass is 297 g/mol. The van der Waals surface area contributed by atoms with Crippen molar-refractivity contribution in [3.63, 3.8) is 0 Å². The molecule has 1 fully saturated rings. The minimum atomic E-state index is 0.332. The Bertz CT molecular complexity index is 442. The fourth-order valence-electron chi connectivity index (χ4n) is 2.59. The largest absolute Gasteiger partial charge is 0.454 e. The summed E-state index contributed by atoms with van der Waals surface area (Å²) in [5.74, 6) is 1.72. The van der Waals surface area contributed by atoms with Gasteiger partial charge >= 0.3 is 0 Å². The number of hydrogen-bond donors (Lipinski definition) is 1. The first-order chi connectivity index (χ1) is 8.25. The third-order valence-corrected chi connectivity index (χ3v) is 4.38. The van der Waals surface area contributed by atoms with Crippen LogP contribution >= 0.6 is 15.9 Å². The molecule has 1 atom stereocenters. The smallest absolute Gasteiger partial charge is 0.231 e. The van der Waals surface area contributed by atoms with Gasteiger partial charge < -0.3 is 14.8 Å². The molecule has 1 unspecified atom stereocenters. The first kappa shape index (κ1) is 11.4. The molecule has 0 saturated carbocycles. The van der Waals surface area contributed by atoms with Crippen molar-refractivity contribution in [1.29, 1.82) is 0 Å². The van der Waals surface area contributed by atoms with Crippen LogP contribution in [0.4, 0.5) is 0 Å². The van der Waals surface area contributed by atoms with E-state index in [1.165, 1.54) is 24.0 Å². The van der Waals surface area contributed by atoms with Crippen LogP contribution < -0.4 is 14.8 Å². The van der Waals surface area contributed by atoms with Crippen molar-refractivity contribution in [2.45, 2.75) is 32.2 Å². The van der Waals surface area contributed by atoms with Crippen molar-refractivity contribution in [3.8, 4) is 11.5 Å². The molecule has 1 aromatic rings. The van der Waals surface area contributed by atoms with Crippen LogP contribution in [0.15, 0.2) is 10.5 Å². The standard InChI is InChI=1S/C13H16BrNO2/c1-8-5-11-13(17-7-16-11)12(14)10(8)6-9-3-2-4-15-9/h5,9,15H,2-4,6-7H2,1H3. The molecule has 0 amide bonds. The molecule has 3 rings (SSSR count). The normalized spacial score (nSPS) is 22.1. The van der Waals surface area contributed by atoms with Gasteiger partial charge in [0.05, 0.1) is 4.47 Å². The maximum Gasteiger partial charge on any atom is 0.231 e. The highest BCUT2D eigenvalue weighted by Crippen LogP contribution is 2.43. The van der Waals surface area contributed by atoms with Crippen molar-refractivity contribution in [2.24, 2.45) is 0 Å². The topological polar surface area (TPSA) is 30.5 Å². The predicted octanol–water partition coefficient (Wildman–Crippen LogP) is 2.78. The summed E-state index contributed by atoms with van der Waals surface area (Å²) in [6.07, 6.45) is 3.61. The third-order valence-electron chi connectivity index (χ3n) is 3.54. The number of halogens is 1. The Balaban J connectivity index is 1.92. The van der Waals surface area contributed by atoms with E-state index < -0.39 is 0 Å². The van der Waals surface area contributed by atoms with E-state index in [2.05, 4.69) is 34.2 Å². The molecule has 0 radical (unpaired) electrons. The highest BCUT2D eigenvalue weighted by atomic mass is 79.9. The number of fused-ring (bicyclic) bond motifs is 1. The van der Waals surface area contributed by atoms with Crippen molar-refractivity contribution >= 4 is 15.9 Å². The maximum atomic E-state index is 5.50. The quantitative estimate of drug-likeness (QED) is 0.910. The van der Waals surface area contributed by atoms with E-state index >= 15 is 0 Å². The molecular formula is C13H16BrNO2. The van der Waals surface area contributed by atoms with Gasteiger partial charge in [0.15, 0.2) is 11.5 Å². The summed E-state index contributed by atoms with van der Waals surface area (Å²) in [5.41, 5.74) is 2.61. The zero-order chi connectivity index (χ0) is 11.8. The summed E-state index contributed by atoms with van der Waals surface area (Å²) in [7, 11) is 0. The third kappa shape index (κ3) is 2.04. The first-order valence-electron chi connectivity index (χ1n) is 6.06. The Hall–Kier alpha value is -0.740. The molecule has 2 aliphatic rings. The fraction of sp³-hybridized carbons (Fsp3) is 0.538. The average Bonchev–Trinajstić information content (AvgIpc) is 2.94. The Morgan fingerprint density at radius 3 is 3.12 bits per heavy atom. The predicted molar refractivity (Wildman–Crippen MR) is 69.7 cm³/mol. The number of nitrogens with one attached hydrogen (secondary N) is 1.